The predicted molar refractivity (Wildman–Crippen MR) is 141 cm³/mol. The summed E-state index contributed by atoms with van der Waals surface area (Å²) in [6.45, 7) is 0.797. The van der Waals surface area contributed by atoms with E-state index in [1.54, 1.807) is 37.4 Å². The maximum atomic E-state index is 13.2. The molecule has 2 aliphatic heterocycles. The van der Waals surface area contributed by atoms with E-state index in [0.717, 1.165) is 34.9 Å². The number of rotatable bonds is 7. The van der Waals surface area contributed by atoms with Gasteiger partial charge in [-0.15, -0.1) is 0 Å². The summed E-state index contributed by atoms with van der Waals surface area (Å²) in [4.78, 5) is 38.0. The molecule has 4 amide bonds. The first-order valence-electron chi connectivity index (χ1n) is 10.4. The number of hydrogen-bond donors (Lipinski definition) is 4. The molecule has 2 aliphatic rings. The Labute approximate surface area is 210 Å². The number of carbonyl (C=O) groups is 3. The van der Waals surface area contributed by atoms with E-state index in [4.69, 9.17) is 11.6 Å². The number of nitrogens with one attached hydrogen (secondary N) is 4. The van der Waals surface area contributed by atoms with Gasteiger partial charge in [0.1, 0.15) is 0 Å². The molecule has 4 rings (SSSR count). The summed E-state index contributed by atoms with van der Waals surface area (Å²) in [7, 11) is 1.67. The van der Waals surface area contributed by atoms with Crippen LogP contribution in [-0.4, -0.2) is 31.9 Å². The zero-order valence-electron chi connectivity index (χ0n) is 18.2. The number of nitrogens with zero attached hydrogens (tertiary/aromatic N) is 1. The summed E-state index contributed by atoms with van der Waals surface area (Å²) < 4.78 is 4.32. The molecule has 34 heavy (non-hydrogen) atoms. The van der Waals surface area contributed by atoms with Crippen LogP contribution in [0.25, 0.3) is 0 Å². The van der Waals surface area contributed by atoms with Crippen LogP contribution in [0.3, 0.4) is 0 Å². The monoisotopic (exact) mass is 515 g/mol. The molecule has 0 saturated heterocycles. The Morgan fingerprint density at radius 1 is 1.21 bits per heavy atom. The smallest absolute Gasteiger partial charge is 0.329 e. The van der Waals surface area contributed by atoms with Crippen LogP contribution in [0.4, 0.5) is 27.5 Å². The highest BCUT2D eigenvalue weighted by molar-refractivity contribution is 8.24. The minimum Gasteiger partial charge on any atom is -0.384 e. The molecule has 0 spiro atoms. The Morgan fingerprint density at radius 3 is 2.74 bits per heavy atom. The fourth-order valence-electron chi connectivity index (χ4n) is 3.52. The van der Waals surface area contributed by atoms with Gasteiger partial charge in [0.25, 0.3) is 5.91 Å². The molecule has 0 fully saturated rings. The van der Waals surface area contributed by atoms with Crippen LogP contribution in [-0.2, 0) is 11.2 Å². The van der Waals surface area contributed by atoms with Gasteiger partial charge in [-0.25, -0.2) is 4.79 Å². The van der Waals surface area contributed by atoms with Crippen LogP contribution in [0.15, 0.2) is 57.2 Å². The third-order valence-electron chi connectivity index (χ3n) is 5.22. The van der Waals surface area contributed by atoms with Crippen molar-refractivity contribution in [3.05, 3.63) is 68.3 Å². The van der Waals surface area contributed by atoms with Crippen molar-refractivity contribution in [3.8, 4) is 0 Å². The molecule has 2 heterocycles. The maximum absolute atomic E-state index is 13.2. The molecule has 0 aliphatic carbocycles. The molecule has 4 N–H and O–H groups in total. The van der Waals surface area contributed by atoms with Crippen molar-refractivity contribution in [2.75, 3.05) is 34.4 Å². The zero-order chi connectivity index (χ0) is 24.1. The van der Waals surface area contributed by atoms with Crippen molar-refractivity contribution in [2.45, 2.75) is 12.8 Å². The number of halogens is 1. The summed E-state index contributed by atoms with van der Waals surface area (Å²) in [5, 5.41) is 8.62. The average molecular weight is 516 g/mol. The normalized spacial score (nSPS) is 14.2. The first-order chi connectivity index (χ1) is 16.4. The van der Waals surface area contributed by atoms with Gasteiger partial charge in [-0.3, -0.25) is 14.3 Å². The SMILES string of the molecule is CN(C(=O)c1cc2c(cc1NC=O)NCC2)c1ccc(NC(=O)NSC2=CCC=C(Cl)S2)cc1. The molecule has 0 unspecified atom stereocenters. The quantitative estimate of drug-likeness (QED) is 0.294. The number of urea groups is 1. The molecule has 176 valence electrons. The molecule has 11 heteroatoms. The molecule has 2 aromatic carbocycles. The molecule has 0 aromatic heterocycles. The van der Waals surface area contributed by atoms with E-state index >= 15 is 0 Å². The van der Waals surface area contributed by atoms with E-state index in [-0.39, 0.29) is 11.9 Å². The minimum atomic E-state index is -0.370. The number of carbonyl (C=O) groups excluding carboxylic acids is 3. The molecule has 2 aromatic rings. The number of allylic oxidation sites excluding steroid dienone is 2. The second-order valence-corrected chi connectivity index (χ2v) is 10.3. The Hall–Kier alpha value is -3.08. The number of amides is 4. The zero-order valence-corrected chi connectivity index (χ0v) is 20.6. The van der Waals surface area contributed by atoms with Crippen molar-refractivity contribution in [1.29, 1.82) is 0 Å². The first kappa shape index (κ1) is 24.1. The molecule has 0 radical (unpaired) electrons. The van der Waals surface area contributed by atoms with Gasteiger partial charge >= 0.3 is 6.03 Å². The summed E-state index contributed by atoms with van der Waals surface area (Å²) in [5.74, 6) is -0.250. The topological polar surface area (TPSA) is 103 Å². The van der Waals surface area contributed by atoms with Crippen molar-refractivity contribution < 1.29 is 14.4 Å². The number of thioether (sulfide) groups is 1. The van der Waals surface area contributed by atoms with Crippen LogP contribution in [0, 0.1) is 0 Å². The van der Waals surface area contributed by atoms with Crippen LogP contribution >= 0.6 is 35.3 Å². The van der Waals surface area contributed by atoms with Gasteiger partial charge in [0, 0.05) is 30.7 Å². The van der Waals surface area contributed by atoms with Gasteiger partial charge in [-0.1, -0.05) is 35.5 Å². The molecule has 0 saturated carbocycles. The third kappa shape index (κ3) is 5.69. The highest BCUT2D eigenvalue weighted by atomic mass is 35.5. The van der Waals surface area contributed by atoms with Gasteiger partial charge in [0.2, 0.25) is 6.41 Å². The van der Waals surface area contributed by atoms with Gasteiger partial charge in [-0.05, 0) is 66.8 Å². The summed E-state index contributed by atoms with van der Waals surface area (Å²) >= 11 is 8.59. The summed E-state index contributed by atoms with van der Waals surface area (Å²) in [5.41, 5.74) is 4.06. The minimum absolute atomic E-state index is 0.250. The highest BCUT2D eigenvalue weighted by Gasteiger charge is 2.22. The average Bonchev–Trinajstić information content (AvgIpc) is 3.29. The van der Waals surface area contributed by atoms with Gasteiger partial charge in [0.05, 0.1) is 19.9 Å². The lowest BCUT2D eigenvalue weighted by atomic mass is 10.0. The highest BCUT2D eigenvalue weighted by Crippen LogP contribution is 2.38. The third-order valence-corrected chi connectivity index (χ3v) is 7.49. The molecular formula is C23H22ClN5O3S2. The predicted octanol–water partition coefficient (Wildman–Crippen LogP) is 5.33. The lowest BCUT2D eigenvalue weighted by molar-refractivity contribution is -0.105. The van der Waals surface area contributed by atoms with Crippen molar-refractivity contribution in [3.63, 3.8) is 0 Å². The van der Waals surface area contributed by atoms with E-state index in [1.165, 1.54) is 28.6 Å². The number of fused-ring (bicyclic) bond motifs is 1. The molecule has 0 bridgehead atoms. The summed E-state index contributed by atoms with van der Waals surface area (Å²) in [6.07, 6.45) is 6.00. The largest absolute Gasteiger partial charge is 0.384 e. The van der Waals surface area contributed by atoms with Crippen molar-refractivity contribution >= 4 is 76.4 Å². The van der Waals surface area contributed by atoms with Gasteiger partial charge in [-0.2, -0.15) is 0 Å². The second-order valence-electron chi connectivity index (χ2n) is 7.43. The summed E-state index contributed by atoms with van der Waals surface area (Å²) in [6, 6.07) is 10.2. The lowest BCUT2D eigenvalue weighted by Crippen LogP contribution is -2.27. The van der Waals surface area contributed by atoms with Crippen LogP contribution < -0.4 is 25.6 Å². The second kappa shape index (κ2) is 10.9. The molecule has 8 nitrogen and oxygen atoms in total. The van der Waals surface area contributed by atoms with Crippen LogP contribution in [0.5, 0.6) is 0 Å². The van der Waals surface area contributed by atoms with Crippen LogP contribution in [0.2, 0.25) is 0 Å². The Kier molecular flexibility index (Phi) is 7.71. The van der Waals surface area contributed by atoms with E-state index in [9.17, 15) is 14.4 Å². The molecule has 0 atom stereocenters. The number of benzene rings is 2. The van der Waals surface area contributed by atoms with Gasteiger partial charge in [0.15, 0.2) is 0 Å². The van der Waals surface area contributed by atoms with E-state index in [0.29, 0.717) is 33.4 Å². The fourth-order valence-corrected chi connectivity index (χ4v) is 5.53. The Balaban J connectivity index is 1.39. The maximum Gasteiger partial charge on any atom is 0.329 e. The Bertz CT molecular complexity index is 1180. The number of hydrogen-bond acceptors (Lipinski definition) is 6. The Morgan fingerprint density at radius 2 is 2.00 bits per heavy atom. The molecular weight excluding hydrogens is 494 g/mol. The fraction of sp³-hybridized carbons (Fsp3) is 0.174. The van der Waals surface area contributed by atoms with Crippen molar-refractivity contribution in [1.82, 2.24) is 4.72 Å². The standard InChI is InChI=1S/C23H22ClN5O3S2/c1-29(22(31)17-11-14-9-10-25-18(14)12-19(17)26-13-30)16-7-5-15(6-8-16)27-23(32)28-34-21-4-2-3-20(24)33-21/h3-8,11-13,25H,2,9-10H2,1H3,(H,26,30)(H2,27,28,32). The van der Waals surface area contributed by atoms with E-state index < -0.39 is 0 Å². The van der Waals surface area contributed by atoms with Gasteiger partial charge < -0.3 is 20.9 Å². The lowest BCUT2D eigenvalue weighted by Gasteiger charge is -2.20. The van der Waals surface area contributed by atoms with Crippen molar-refractivity contribution in [2.24, 2.45) is 0 Å². The van der Waals surface area contributed by atoms with E-state index in [1.807, 2.05) is 18.2 Å². The number of anilines is 4. The van der Waals surface area contributed by atoms with E-state index in [2.05, 4.69) is 20.7 Å². The van der Waals surface area contributed by atoms with Crippen LogP contribution in [0.1, 0.15) is 22.3 Å². The first-order valence-corrected chi connectivity index (χ1v) is 12.4.